The van der Waals surface area contributed by atoms with Crippen molar-refractivity contribution in [2.24, 2.45) is 5.10 Å². The van der Waals surface area contributed by atoms with E-state index in [0.29, 0.717) is 18.1 Å². The predicted molar refractivity (Wildman–Crippen MR) is 132 cm³/mol. The maximum Gasteiger partial charge on any atom is 0.258 e. The molecule has 6 nitrogen and oxygen atoms in total. The lowest BCUT2D eigenvalue weighted by molar-refractivity contribution is -0.122. The van der Waals surface area contributed by atoms with Crippen LogP contribution in [0, 0.1) is 0 Å². The van der Waals surface area contributed by atoms with Crippen molar-refractivity contribution in [2.45, 2.75) is 25.1 Å². The summed E-state index contributed by atoms with van der Waals surface area (Å²) in [6.07, 6.45) is 5.87. The summed E-state index contributed by atoms with van der Waals surface area (Å²) in [5.74, 6) is 0.580. The summed E-state index contributed by atoms with van der Waals surface area (Å²) in [4.78, 5) is 12.4. The molecule has 0 saturated carbocycles. The number of rotatable bonds is 8. The van der Waals surface area contributed by atoms with Crippen molar-refractivity contribution in [2.75, 3.05) is 0 Å². The number of hydrogen-bond donors (Lipinski definition) is 3. The fourth-order valence-electron chi connectivity index (χ4n) is 3.46. The summed E-state index contributed by atoms with van der Waals surface area (Å²) >= 11 is 5.93. The highest BCUT2D eigenvalue weighted by Crippen LogP contribution is 2.26. The first kappa shape index (κ1) is 22.7. The molecule has 7 heteroatoms. The average molecular weight is 461 g/mol. The Balaban J connectivity index is 1.26. The van der Waals surface area contributed by atoms with Crippen LogP contribution < -0.4 is 21.0 Å². The van der Waals surface area contributed by atoms with Crippen LogP contribution in [0.5, 0.6) is 5.75 Å². The number of amides is 1. The van der Waals surface area contributed by atoms with Gasteiger partial charge in [0.05, 0.1) is 0 Å². The van der Waals surface area contributed by atoms with Gasteiger partial charge in [-0.3, -0.25) is 4.79 Å². The van der Waals surface area contributed by atoms with Gasteiger partial charge >= 0.3 is 0 Å². The molecule has 168 valence electrons. The zero-order valence-electron chi connectivity index (χ0n) is 17.9. The summed E-state index contributed by atoms with van der Waals surface area (Å²) in [7, 11) is 0. The van der Waals surface area contributed by atoms with Crippen LogP contribution in [0.2, 0.25) is 5.02 Å². The first-order chi connectivity index (χ1) is 16.2. The molecule has 3 aromatic carbocycles. The number of benzene rings is 3. The number of nitrogens with one attached hydrogen (secondary N) is 3. The number of allylic oxidation sites excluding steroid dienone is 1. The Labute approximate surface area is 198 Å². The summed E-state index contributed by atoms with van der Waals surface area (Å²) in [5, 5.41) is 4.70. The fourth-order valence-corrected chi connectivity index (χ4v) is 3.58. The van der Waals surface area contributed by atoms with E-state index in [0.717, 1.165) is 22.4 Å². The van der Waals surface area contributed by atoms with E-state index in [9.17, 15) is 4.79 Å². The number of nitrogens with zero attached hydrogens (tertiary/aromatic N) is 1. The molecule has 0 radical (unpaired) electrons. The van der Waals surface area contributed by atoms with Crippen molar-refractivity contribution in [3.8, 4) is 5.75 Å². The molecule has 1 saturated heterocycles. The van der Waals surface area contributed by atoms with E-state index in [1.807, 2.05) is 84.9 Å². The molecule has 1 aliphatic rings. The van der Waals surface area contributed by atoms with Crippen molar-refractivity contribution in [1.82, 2.24) is 16.3 Å². The van der Waals surface area contributed by atoms with Crippen molar-refractivity contribution in [1.29, 1.82) is 0 Å². The summed E-state index contributed by atoms with van der Waals surface area (Å²) in [5.41, 5.74) is 12.0. The lowest BCUT2D eigenvalue weighted by Crippen LogP contribution is -2.41. The molecule has 0 spiro atoms. The largest absolute Gasteiger partial charge is 0.489 e. The molecule has 3 N–H and O–H groups in total. The highest BCUT2D eigenvalue weighted by atomic mass is 35.5. The zero-order valence-corrected chi connectivity index (χ0v) is 18.7. The molecule has 1 heterocycles. The van der Waals surface area contributed by atoms with Crippen LogP contribution in [0.4, 0.5) is 0 Å². The van der Waals surface area contributed by atoms with Crippen molar-refractivity contribution < 1.29 is 9.53 Å². The Morgan fingerprint density at radius 3 is 2.70 bits per heavy atom. The Kier molecular flexibility index (Phi) is 7.87. The Hall–Kier alpha value is -3.45. The minimum atomic E-state index is -0.385. The van der Waals surface area contributed by atoms with Gasteiger partial charge in [0, 0.05) is 17.3 Å². The summed E-state index contributed by atoms with van der Waals surface area (Å²) in [6, 6.07) is 24.9. The molecule has 4 rings (SSSR count). The lowest BCUT2D eigenvalue weighted by atomic mass is 10.0. The Morgan fingerprint density at radius 1 is 1.06 bits per heavy atom. The smallest absolute Gasteiger partial charge is 0.258 e. The number of halogens is 1. The Morgan fingerprint density at radius 2 is 1.88 bits per heavy atom. The van der Waals surface area contributed by atoms with Crippen molar-refractivity contribution in [3.05, 3.63) is 107 Å². The Bertz CT molecular complexity index is 1120. The predicted octanol–water partition coefficient (Wildman–Crippen LogP) is 4.64. The number of ether oxygens (including phenoxy) is 1. The highest BCUT2D eigenvalue weighted by molar-refractivity contribution is 6.30. The molecular weight excluding hydrogens is 436 g/mol. The minimum absolute atomic E-state index is 0.0122. The number of hydrogen-bond acceptors (Lipinski definition) is 5. The zero-order chi connectivity index (χ0) is 22.9. The molecule has 3 aromatic rings. The number of hydrazone groups is 1. The van der Waals surface area contributed by atoms with E-state index in [1.165, 1.54) is 0 Å². The maximum atomic E-state index is 12.4. The van der Waals surface area contributed by atoms with Gasteiger partial charge in [0.1, 0.15) is 18.4 Å². The third-order valence-electron chi connectivity index (χ3n) is 5.22. The highest BCUT2D eigenvalue weighted by Gasteiger charge is 2.30. The van der Waals surface area contributed by atoms with Crippen molar-refractivity contribution in [3.63, 3.8) is 0 Å². The van der Waals surface area contributed by atoms with Gasteiger partial charge in [-0.1, -0.05) is 72.3 Å². The van der Waals surface area contributed by atoms with Gasteiger partial charge in [-0.05, 0) is 53.5 Å². The van der Waals surface area contributed by atoms with Crippen LogP contribution in [0.15, 0.2) is 90.0 Å². The maximum absolute atomic E-state index is 12.4. The number of carbonyl (C=O) groups is 1. The molecule has 0 bridgehead atoms. The van der Waals surface area contributed by atoms with Gasteiger partial charge in [0.2, 0.25) is 0 Å². The van der Waals surface area contributed by atoms with Gasteiger partial charge < -0.3 is 4.74 Å². The molecule has 1 fully saturated rings. The van der Waals surface area contributed by atoms with Crippen LogP contribution >= 0.6 is 11.6 Å². The fraction of sp³-hybridized carbons (Fsp3) is 0.154. The number of hydrazine groups is 1. The van der Waals surface area contributed by atoms with Gasteiger partial charge in [-0.25, -0.2) is 16.3 Å². The molecule has 0 aromatic heterocycles. The third-order valence-corrected chi connectivity index (χ3v) is 5.47. The van der Waals surface area contributed by atoms with E-state index in [2.05, 4.69) is 21.4 Å². The van der Waals surface area contributed by atoms with Crippen LogP contribution in [0.3, 0.4) is 0 Å². The SMILES string of the molecule is O=C(N/N=C/C=C/c1ccccc1)C1CC(c2cccc(OCc3ccc(Cl)cc3)c2)NN1. The van der Waals surface area contributed by atoms with Crippen LogP contribution in [-0.2, 0) is 11.4 Å². The molecule has 2 unspecified atom stereocenters. The molecule has 0 aliphatic carbocycles. The molecular formula is C26H25ClN4O2. The van der Waals surface area contributed by atoms with E-state index in [-0.39, 0.29) is 18.0 Å². The minimum Gasteiger partial charge on any atom is -0.489 e. The third kappa shape index (κ3) is 6.76. The van der Waals surface area contributed by atoms with E-state index in [4.69, 9.17) is 16.3 Å². The first-order valence-corrected chi connectivity index (χ1v) is 11.1. The van der Waals surface area contributed by atoms with Crippen LogP contribution in [0.1, 0.15) is 29.2 Å². The van der Waals surface area contributed by atoms with E-state index in [1.54, 1.807) is 12.3 Å². The van der Waals surface area contributed by atoms with Crippen molar-refractivity contribution >= 4 is 29.8 Å². The second kappa shape index (κ2) is 11.4. The summed E-state index contributed by atoms with van der Waals surface area (Å²) < 4.78 is 5.92. The first-order valence-electron chi connectivity index (χ1n) is 10.7. The standard InChI is InChI=1S/C26H25ClN4O2/c27-22-13-11-20(12-14-22)18-33-23-10-4-9-21(16-23)24-17-25(30-29-24)26(32)31-28-15-5-8-19-6-2-1-3-7-19/h1-16,24-25,29-30H,17-18H2,(H,31,32)/b8-5+,28-15+. The van der Waals surface area contributed by atoms with Crippen LogP contribution in [-0.4, -0.2) is 18.2 Å². The molecule has 33 heavy (non-hydrogen) atoms. The molecule has 1 amide bonds. The second-order valence-corrected chi connectivity index (χ2v) is 8.08. The van der Waals surface area contributed by atoms with Gasteiger partial charge in [0.15, 0.2) is 0 Å². The van der Waals surface area contributed by atoms with E-state index >= 15 is 0 Å². The average Bonchev–Trinajstić information content (AvgIpc) is 3.35. The molecule has 2 atom stereocenters. The molecule has 1 aliphatic heterocycles. The summed E-state index contributed by atoms with van der Waals surface area (Å²) in [6.45, 7) is 0.457. The monoisotopic (exact) mass is 460 g/mol. The second-order valence-electron chi connectivity index (χ2n) is 7.64. The van der Waals surface area contributed by atoms with Crippen LogP contribution in [0.25, 0.3) is 6.08 Å². The quantitative estimate of drug-likeness (QED) is 0.338. The van der Waals surface area contributed by atoms with Gasteiger partial charge in [0.25, 0.3) is 5.91 Å². The lowest BCUT2D eigenvalue weighted by Gasteiger charge is -2.12. The normalized spacial score (nSPS) is 18.1. The van der Waals surface area contributed by atoms with Gasteiger partial charge in [-0.2, -0.15) is 5.10 Å². The van der Waals surface area contributed by atoms with E-state index < -0.39 is 0 Å². The number of carbonyl (C=O) groups excluding carboxylic acids is 1. The topological polar surface area (TPSA) is 74.8 Å². The van der Waals surface area contributed by atoms with Gasteiger partial charge in [-0.15, -0.1) is 0 Å².